The molecule has 0 aliphatic heterocycles. The first-order valence-corrected chi connectivity index (χ1v) is 7.10. The quantitative estimate of drug-likeness (QED) is 0.796. The zero-order chi connectivity index (χ0) is 13.9. The maximum absolute atomic E-state index is 11.9. The highest BCUT2D eigenvalue weighted by Gasteiger charge is 2.27. The van der Waals surface area contributed by atoms with Gasteiger partial charge in [0.15, 0.2) is 5.78 Å². The Morgan fingerprint density at radius 1 is 0.800 bits per heavy atom. The Morgan fingerprint density at radius 2 is 1.30 bits per heavy atom. The number of hydrogen-bond acceptors (Lipinski definition) is 1. The Morgan fingerprint density at radius 3 is 1.70 bits per heavy atom. The average Bonchev–Trinajstić information content (AvgIpc) is 2.82. The van der Waals surface area contributed by atoms with Crippen molar-refractivity contribution in [3.05, 3.63) is 82.9 Å². The predicted octanol–water partition coefficient (Wildman–Crippen LogP) is 4.50. The van der Waals surface area contributed by atoms with Gasteiger partial charge in [-0.3, -0.25) is 4.79 Å². The summed E-state index contributed by atoms with van der Waals surface area (Å²) in [7, 11) is 0. The van der Waals surface area contributed by atoms with Crippen LogP contribution in [0.5, 0.6) is 0 Å². The number of allylic oxidation sites excluding steroid dienone is 2. The SMILES string of the molecule is CC1=C(C(c2ccccc2)c2ccccc2)CCC1=O. The van der Waals surface area contributed by atoms with E-state index in [0.29, 0.717) is 12.2 Å². The molecule has 3 rings (SSSR count). The van der Waals surface area contributed by atoms with E-state index in [1.54, 1.807) is 0 Å². The molecule has 0 saturated carbocycles. The third-order valence-electron chi connectivity index (χ3n) is 4.14. The molecule has 0 amide bonds. The van der Waals surface area contributed by atoms with E-state index in [0.717, 1.165) is 12.0 Å². The molecule has 0 fully saturated rings. The summed E-state index contributed by atoms with van der Waals surface area (Å²) in [6.07, 6.45) is 1.55. The standard InChI is InChI=1S/C19H18O/c1-14-17(12-13-18(14)20)19(15-8-4-2-5-9-15)16-10-6-3-7-11-16/h2-11,19H,12-13H2,1H3. The second kappa shape index (κ2) is 5.46. The fourth-order valence-electron chi connectivity index (χ4n) is 3.05. The van der Waals surface area contributed by atoms with Crippen LogP contribution in [0.25, 0.3) is 0 Å². The van der Waals surface area contributed by atoms with Gasteiger partial charge >= 0.3 is 0 Å². The van der Waals surface area contributed by atoms with E-state index in [1.165, 1.54) is 16.7 Å². The van der Waals surface area contributed by atoms with Crippen LogP contribution in [-0.2, 0) is 4.79 Å². The largest absolute Gasteiger partial charge is 0.295 e. The van der Waals surface area contributed by atoms with Crippen LogP contribution in [0.1, 0.15) is 36.8 Å². The first-order valence-electron chi connectivity index (χ1n) is 7.10. The number of ketones is 1. The number of benzene rings is 2. The van der Waals surface area contributed by atoms with E-state index < -0.39 is 0 Å². The lowest BCUT2D eigenvalue weighted by molar-refractivity contribution is -0.114. The van der Waals surface area contributed by atoms with Crippen LogP contribution >= 0.6 is 0 Å². The lowest BCUT2D eigenvalue weighted by atomic mass is 9.83. The van der Waals surface area contributed by atoms with Crippen LogP contribution in [0.15, 0.2) is 71.8 Å². The van der Waals surface area contributed by atoms with Gasteiger partial charge in [0.25, 0.3) is 0 Å². The summed E-state index contributed by atoms with van der Waals surface area (Å²) < 4.78 is 0. The van der Waals surface area contributed by atoms with Crippen LogP contribution in [0.4, 0.5) is 0 Å². The summed E-state index contributed by atoms with van der Waals surface area (Å²) >= 11 is 0. The summed E-state index contributed by atoms with van der Waals surface area (Å²) in [4.78, 5) is 11.9. The first-order chi connectivity index (χ1) is 9.77. The Bertz CT molecular complexity index is 598. The van der Waals surface area contributed by atoms with Crippen LogP contribution in [-0.4, -0.2) is 5.78 Å². The molecule has 0 radical (unpaired) electrons. The fraction of sp³-hybridized carbons (Fsp3) is 0.211. The third-order valence-corrected chi connectivity index (χ3v) is 4.14. The fourth-order valence-corrected chi connectivity index (χ4v) is 3.05. The van der Waals surface area contributed by atoms with Crippen molar-refractivity contribution in [2.45, 2.75) is 25.7 Å². The van der Waals surface area contributed by atoms with Crippen molar-refractivity contribution in [2.75, 3.05) is 0 Å². The van der Waals surface area contributed by atoms with Crippen LogP contribution in [0, 0.1) is 0 Å². The van der Waals surface area contributed by atoms with Gasteiger partial charge in [-0.2, -0.15) is 0 Å². The van der Waals surface area contributed by atoms with Gasteiger partial charge in [0.05, 0.1) is 0 Å². The first kappa shape index (κ1) is 12.9. The molecule has 2 aromatic carbocycles. The zero-order valence-corrected chi connectivity index (χ0v) is 11.7. The molecule has 0 aromatic heterocycles. The van der Waals surface area contributed by atoms with Gasteiger partial charge in [0.2, 0.25) is 0 Å². The van der Waals surface area contributed by atoms with Gasteiger partial charge in [-0.25, -0.2) is 0 Å². The molecule has 0 heterocycles. The van der Waals surface area contributed by atoms with Crippen molar-refractivity contribution in [1.29, 1.82) is 0 Å². The van der Waals surface area contributed by atoms with E-state index >= 15 is 0 Å². The molecule has 20 heavy (non-hydrogen) atoms. The summed E-state index contributed by atoms with van der Waals surface area (Å²) in [6.45, 7) is 1.98. The normalized spacial score (nSPS) is 15.2. The Kier molecular flexibility index (Phi) is 3.51. The van der Waals surface area contributed by atoms with Gasteiger partial charge in [-0.15, -0.1) is 0 Å². The number of rotatable bonds is 3. The summed E-state index contributed by atoms with van der Waals surface area (Å²) in [6, 6.07) is 21.0. The van der Waals surface area contributed by atoms with Gasteiger partial charge in [-0.1, -0.05) is 66.2 Å². The van der Waals surface area contributed by atoms with E-state index in [2.05, 4.69) is 48.5 Å². The highest BCUT2D eigenvalue weighted by Crippen LogP contribution is 2.39. The molecule has 2 aromatic rings. The Labute approximate surface area is 120 Å². The minimum Gasteiger partial charge on any atom is -0.295 e. The van der Waals surface area contributed by atoms with Crippen molar-refractivity contribution in [2.24, 2.45) is 0 Å². The maximum atomic E-state index is 11.9. The maximum Gasteiger partial charge on any atom is 0.158 e. The van der Waals surface area contributed by atoms with Gasteiger partial charge in [0, 0.05) is 12.3 Å². The highest BCUT2D eigenvalue weighted by atomic mass is 16.1. The molecule has 0 unspecified atom stereocenters. The van der Waals surface area contributed by atoms with Crippen LogP contribution in [0.3, 0.4) is 0 Å². The number of carbonyl (C=O) groups is 1. The van der Waals surface area contributed by atoms with Gasteiger partial charge in [-0.05, 0) is 30.0 Å². The van der Waals surface area contributed by atoms with Crippen LogP contribution in [0.2, 0.25) is 0 Å². The number of carbonyl (C=O) groups excluding carboxylic acids is 1. The van der Waals surface area contributed by atoms with Crippen molar-refractivity contribution in [1.82, 2.24) is 0 Å². The monoisotopic (exact) mass is 262 g/mol. The second-order valence-corrected chi connectivity index (χ2v) is 5.33. The molecular weight excluding hydrogens is 244 g/mol. The molecule has 0 spiro atoms. The number of hydrogen-bond donors (Lipinski definition) is 0. The predicted molar refractivity (Wildman–Crippen MR) is 81.7 cm³/mol. The lowest BCUT2D eigenvalue weighted by Gasteiger charge is -2.20. The molecule has 0 saturated heterocycles. The minimum absolute atomic E-state index is 0.212. The average molecular weight is 262 g/mol. The third kappa shape index (κ3) is 2.32. The van der Waals surface area contributed by atoms with Crippen molar-refractivity contribution in [3.8, 4) is 0 Å². The van der Waals surface area contributed by atoms with Gasteiger partial charge < -0.3 is 0 Å². The Hall–Kier alpha value is -2.15. The molecule has 1 heteroatoms. The molecule has 1 aliphatic rings. The molecule has 1 aliphatic carbocycles. The second-order valence-electron chi connectivity index (χ2n) is 5.33. The van der Waals surface area contributed by atoms with E-state index in [-0.39, 0.29) is 5.92 Å². The van der Waals surface area contributed by atoms with Crippen LogP contribution < -0.4 is 0 Å². The summed E-state index contributed by atoms with van der Waals surface area (Å²) in [5, 5.41) is 0. The molecule has 0 atom stereocenters. The summed E-state index contributed by atoms with van der Waals surface area (Å²) in [5.74, 6) is 0.515. The van der Waals surface area contributed by atoms with Crippen molar-refractivity contribution >= 4 is 5.78 Å². The Balaban J connectivity index is 2.13. The lowest BCUT2D eigenvalue weighted by Crippen LogP contribution is -2.05. The topological polar surface area (TPSA) is 17.1 Å². The molecule has 100 valence electrons. The van der Waals surface area contributed by atoms with E-state index in [4.69, 9.17) is 0 Å². The molecule has 1 nitrogen and oxygen atoms in total. The highest BCUT2D eigenvalue weighted by molar-refractivity contribution is 5.98. The smallest absolute Gasteiger partial charge is 0.158 e. The number of Topliss-reactive ketones (excluding diaryl/α,β-unsaturated/α-hetero) is 1. The minimum atomic E-state index is 0.212. The molecule has 0 N–H and O–H groups in total. The van der Waals surface area contributed by atoms with E-state index in [1.807, 2.05) is 19.1 Å². The van der Waals surface area contributed by atoms with Crippen molar-refractivity contribution < 1.29 is 4.79 Å². The molecule has 0 bridgehead atoms. The molecular formula is C19H18O. The zero-order valence-electron chi connectivity index (χ0n) is 11.7. The van der Waals surface area contributed by atoms with Gasteiger partial charge in [0.1, 0.15) is 0 Å². The van der Waals surface area contributed by atoms with E-state index in [9.17, 15) is 4.79 Å². The summed E-state index contributed by atoms with van der Waals surface area (Å²) in [5.41, 5.74) is 4.78. The van der Waals surface area contributed by atoms with Crippen molar-refractivity contribution in [3.63, 3.8) is 0 Å².